The zero-order valence-corrected chi connectivity index (χ0v) is 8.99. The molecule has 90 valence electrons. The molecule has 3 amide bonds. The van der Waals surface area contributed by atoms with E-state index in [0.29, 0.717) is 19.4 Å². The van der Waals surface area contributed by atoms with Crippen molar-refractivity contribution < 1.29 is 14.4 Å². The van der Waals surface area contributed by atoms with Crippen LogP contribution in [0.25, 0.3) is 0 Å². The second-order valence-electron chi connectivity index (χ2n) is 3.71. The molecule has 1 heterocycles. The largest absolute Gasteiger partial charge is 0.294 e. The summed E-state index contributed by atoms with van der Waals surface area (Å²) in [6.45, 7) is 1.13. The summed E-state index contributed by atoms with van der Waals surface area (Å²) >= 11 is 0. The van der Waals surface area contributed by atoms with Crippen LogP contribution in [0.4, 0.5) is 0 Å². The lowest BCUT2D eigenvalue weighted by atomic mass is 10.2. The second-order valence-corrected chi connectivity index (χ2v) is 3.71. The topological polar surface area (TPSA) is 105 Å². The number of hydrazine groups is 1. The molecule has 4 N–H and O–H groups in total. The average Bonchev–Trinajstić information content (AvgIpc) is 2.22. The van der Waals surface area contributed by atoms with Crippen LogP contribution in [0.5, 0.6) is 0 Å². The zero-order valence-electron chi connectivity index (χ0n) is 8.99. The van der Waals surface area contributed by atoms with Crippen molar-refractivity contribution in [2.24, 2.45) is 5.84 Å². The van der Waals surface area contributed by atoms with Gasteiger partial charge in [0.15, 0.2) is 0 Å². The van der Waals surface area contributed by atoms with Crippen LogP contribution < -0.4 is 16.6 Å². The van der Waals surface area contributed by atoms with Crippen LogP contribution in [0.15, 0.2) is 0 Å². The third-order valence-corrected chi connectivity index (χ3v) is 2.30. The smallest absolute Gasteiger partial charge is 0.240 e. The molecule has 1 rings (SSSR count). The highest BCUT2D eigenvalue weighted by atomic mass is 16.2. The van der Waals surface area contributed by atoms with Crippen molar-refractivity contribution in [3.63, 3.8) is 0 Å². The van der Waals surface area contributed by atoms with E-state index < -0.39 is 0 Å². The summed E-state index contributed by atoms with van der Waals surface area (Å²) in [4.78, 5) is 34.6. The Morgan fingerprint density at radius 2 is 1.94 bits per heavy atom. The monoisotopic (exact) mass is 228 g/mol. The summed E-state index contributed by atoms with van der Waals surface area (Å²) < 4.78 is 0. The SMILES string of the molecule is NNC(=O)CCCCN1CC(=O)NC(=O)C1. The number of unbranched alkanes of at least 4 members (excludes halogenated alkanes) is 1. The van der Waals surface area contributed by atoms with Crippen molar-refractivity contribution in [2.75, 3.05) is 19.6 Å². The van der Waals surface area contributed by atoms with Crippen LogP contribution >= 0.6 is 0 Å². The van der Waals surface area contributed by atoms with Crippen molar-refractivity contribution >= 4 is 17.7 Å². The molecular weight excluding hydrogens is 212 g/mol. The van der Waals surface area contributed by atoms with Crippen LogP contribution in [0.1, 0.15) is 19.3 Å². The van der Waals surface area contributed by atoms with E-state index in [2.05, 4.69) is 5.32 Å². The Labute approximate surface area is 93.3 Å². The van der Waals surface area contributed by atoms with Crippen LogP contribution in [0.3, 0.4) is 0 Å². The molecule has 0 atom stereocenters. The number of carbonyl (C=O) groups excluding carboxylic acids is 3. The zero-order chi connectivity index (χ0) is 12.0. The van der Waals surface area contributed by atoms with Crippen molar-refractivity contribution in [3.8, 4) is 0 Å². The highest BCUT2D eigenvalue weighted by Gasteiger charge is 2.21. The number of amides is 3. The van der Waals surface area contributed by atoms with E-state index in [4.69, 9.17) is 5.84 Å². The van der Waals surface area contributed by atoms with Gasteiger partial charge in [-0.25, -0.2) is 5.84 Å². The Balaban J connectivity index is 2.15. The molecule has 0 aliphatic carbocycles. The van der Waals surface area contributed by atoms with E-state index in [9.17, 15) is 14.4 Å². The first kappa shape index (κ1) is 12.6. The van der Waals surface area contributed by atoms with Gasteiger partial charge in [0, 0.05) is 6.42 Å². The standard InChI is InChI=1S/C9H16N4O3/c10-12-7(14)3-1-2-4-13-5-8(15)11-9(16)6-13/h1-6,10H2,(H,12,14)(H,11,15,16). The van der Waals surface area contributed by atoms with E-state index in [1.165, 1.54) is 0 Å². The van der Waals surface area contributed by atoms with Gasteiger partial charge < -0.3 is 0 Å². The van der Waals surface area contributed by atoms with Crippen LogP contribution in [0.2, 0.25) is 0 Å². The van der Waals surface area contributed by atoms with Crippen LogP contribution in [0, 0.1) is 0 Å². The van der Waals surface area contributed by atoms with Gasteiger partial charge in [-0.05, 0) is 19.4 Å². The minimum Gasteiger partial charge on any atom is -0.294 e. The number of nitrogens with zero attached hydrogens (tertiary/aromatic N) is 1. The first-order valence-electron chi connectivity index (χ1n) is 5.16. The molecule has 0 aromatic heterocycles. The first-order valence-corrected chi connectivity index (χ1v) is 5.16. The molecule has 0 aromatic rings. The van der Waals surface area contributed by atoms with Crippen molar-refractivity contribution in [3.05, 3.63) is 0 Å². The van der Waals surface area contributed by atoms with E-state index in [1.54, 1.807) is 4.90 Å². The Kier molecular flexibility index (Phi) is 4.87. The molecular formula is C9H16N4O3. The molecule has 7 nitrogen and oxygen atoms in total. The summed E-state index contributed by atoms with van der Waals surface area (Å²) in [7, 11) is 0. The Bertz CT molecular complexity index is 276. The fourth-order valence-corrected chi connectivity index (χ4v) is 1.55. The molecule has 1 aliphatic rings. The van der Waals surface area contributed by atoms with Crippen LogP contribution in [-0.4, -0.2) is 42.3 Å². The van der Waals surface area contributed by atoms with E-state index >= 15 is 0 Å². The van der Waals surface area contributed by atoms with Gasteiger partial charge in [-0.15, -0.1) is 0 Å². The fourth-order valence-electron chi connectivity index (χ4n) is 1.55. The third kappa shape index (κ3) is 4.37. The lowest BCUT2D eigenvalue weighted by Gasteiger charge is -2.24. The van der Waals surface area contributed by atoms with Crippen molar-refractivity contribution in [2.45, 2.75) is 19.3 Å². The predicted molar refractivity (Wildman–Crippen MR) is 55.8 cm³/mol. The molecule has 0 radical (unpaired) electrons. The number of nitrogens with two attached hydrogens (primary N) is 1. The number of carbonyl (C=O) groups is 3. The minimum absolute atomic E-state index is 0.201. The molecule has 0 unspecified atom stereocenters. The van der Waals surface area contributed by atoms with Gasteiger partial charge in [-0.3, -0.25) is 30.0 Å². The van der Waals surface area contributed by atoms with Gasteiger partial charge in [0.25, 0.3) is 0 Å². The number of nitrogens with one attached hydrogen (secondary N) is 2. The Morgan fingerprint density at radius 1 is 1.31 bits per heavy atom. The van der Waals surface area contributed by atoms with Gasteiger partial charge in [-0.1, -0.05) is 0 Å². The molecule has 16 heavy (non-hydrogen) atoms. The van der Waals surface area contributed by atoms with E-state index in [0.717, 1.165) is 6.42 Å². The van der Waals surface area contributed by atoms with Gasteiger partial charge in [0.1, 0.15) is 0 Å². The number of piperazine rings is 1. The molecule has 7 heteroatoms. The highest BCUT2D eigenvalue weighted by molar-refractivity contribution is 5.99. The van der Waals surface area contributed by atoms with E-state index in [1.807, 2.05) is 5.43 Å². The number of rotatable bonds is 5. The van der Waals surface area contributed by atoms with Gasteiger partial charge in [0.2, 0.25) is 17.7 Å². The lowest BCUT2D eigenvalue weighted by Crippen LogP contribution is -2.51. The minimum atomic E-state index is -0.268. The summed E-state index contributed by atoms with van der Waals surface area (Å²) in [5.74, 6) is 4.19. The molecule has 0 saturated carbocycles. The third-order valence-electron chi connectivity index (χ3n) is 2.30. The van der Waals surface area contributed by atoms with Crippen LogP contribution in [-0.2, 0) is 14.4 Å². The first-order chi connectivity index (χ1) is 7.61. The molecule has 1 saturated heterocycles. The molecule has 0 bridgehead atoms. The fraction of sp³-hybridized carbons (Fsp3) is 0.667. The summed E-state index contributed by atoms with van der Waals surface area (Å²) in [6.07, 6.45) is 1.81. The molecule has 1 aliphatic heterocycles. The van der Waals surface area contributed by atoms with Gasteiger partial charge in [0.05, 0.1) is 13.1 Å². The summed E-state index contributed by atoms with van der Waals surface area (Å²) in [5.41, 5.74) is 2.05. The normalized spacial score (nSPS) is 17.1. The molecule has 0 spiro atoms. The highest BCUT2D eigenvalue weighted by Crippen LogP contribution is 2.01. The maximum atomic E-state index is 11.0. The molecule has 1 fully saturated rings. The Morgan fingerprint density at radius 3 is 2.50 bits per heavy atom. The van der Waals surface area contributed by atoms with Crippen molar-refractivity contribution in [1.29, 1.82) is 0 Å². The second kappa shape index (κ2) is 6.19. The molecule has 0 aromatic carbocycles. The maximum Gasteiger partial charge on any atom is 0.240 e. The van der Waals surface area contributed by atoms with Gasteiger partial charge in [-0.2, -0.15) is 0 Å². The number of hydrogen-bond acceptors (Lipinski definition) is 5. The number of hydrogen-bond donors (Lipinski definition) is 3. The van der Waals surface area contributed by atoms with Gasteiger partial charge >= 0.3 is 0 Å². The average molecular weight is 228 g/mol. The summed E-state index contributed by atoms with van der Waals surface area (Å²) in [6, 6.07) is 0. The summed E-state index contributed by atoms with van der Waals surface area (Å²) in [5, 5.41) is 2.23. The Hall–Kier alpha value is -1.47. The quantitative estimate of drug-likeness (QED) is 0.168. The van der Waals surface area contributed by atoms with Crippen molar-refractivity contribution in [1.82, 2.24) is 15.6 Å². The maximum absolute atomic E-state index is 11.0. The lowest BCUT2D eigenvalue weighted by molar-refractivity contribution is -0.136. The van der Waals surface area contributed by atoms with E-state index in [-0.39, 0.29) is 30.8 Å². The number of imide groups is 1. The predicted octanol–water partition coefficient (Wildman–Crippen LogP) is -1.89.